The Kier molecular flexibility index (Phi) is 6.63. The molecule has 0 bridgehead atoms. The van der Waals surface area contributed by atoms with Gasteiger partial charge in [-0.3, -0.25) is 14.5 Å². The van der Waals surface area contributed by atoms with Gasteiger partial charge in [0.25, 0.3) is 5.91 Å². The standard InChI is InChI=1S/C24H29N3O4/c1-16(2)14-20(17-8-6-5-7-9-17)25-21(28)15-27-22(29)24(3,26-23(27)30)18-10-12-19(31-4)13-11-18/h5-13,16,20H,14-15H2,1-4H3,(H,25,28)(H,26,30)/t20-,24-/m0/s1. The zero-order valence-corrected chi connectivity index (χ0v) is 18.3. The van der Waals surface area contributed by atoms with E-state index in [9.17, 15) is 14.4 Å². The van der Waals surface area contributed by atoms with Crippen LogP contribution in [-0.4, -0.2) is 36.4 Å². The molecule has 1 saturated heterocycles. The summed E-state index contributed by atoms with van der Waals surface area (Å²) >= 11 is 0. The number of carbonyl (C=O) groups excluding carboxylic acids is 3. The molecule has 0 saturated carbocycles. The quantitative estimate of drug-likeness (QED) is 0.638. The molecule has 0 aromatic heterocycles. The van der Waals surface area contributed by atoms with Crippen molar-refractivity contribution >= 4 is 17.8 Å². The van der Waals surface area contributed by atoms with Gasteiger partial charge in [-0.15, -0.1) is 0 Å². The summed E-state index contributed by atoms with van der Waals surface area (Å²) in [7, 11) is 1.56. The SMILES string of the molecule is COc1ccc([C@]2(C)NC(=O)N(CC(=O)N[C@@H](CC(C)C)c3ccccc3)C2=O)cc1. The first-order valence-corrected chi connectivity index (χ1v) is 10.4. The Morgan fingerprint density at radius 1 is 1.10 bits per heavy atom. The van der Waals surface area contributed by atoms with Crippen LogP contribution in [-0.2, 0) is 15.1 Å². The Hall–Kier alpha value is -3.35. The Morgan fingerprint density at radius 3 is 2.32 bits per heavy atom. The van der Waals surface area contributed by atoms with E-state index in [0.717, 1.165) is 16.9 Å². The second kappa shape index (κ2) is 9.20. The molecule has 2 aromatic rings. The lowest BCUT2D eigenvalue weighted by atomic mass is 9.92. The first kappa shape index (κ1) is 22.3. The van der Waals surface area contributed by atoms with E-state index in [1.54, 1.807) is 38.3 Å². The predicted octanol–water partition coefficient (Wildman–Crippen LogP) is 3.37. The van der Waals surface area contributed by atoms with Gasteiger partial charge in [0, 0.05) is 0 Å². The molecule has 0 radical (unpaired) electrons. The van der Waals surface area contributed by atoms with Crippen molar-refractivity contribution in [2.45, 2.75) is 38.8 Å². The Labute approximate surface area is 182 Å². The van der Waals surface area contributed by atoms with Crippen LogP contribution in [0.15, 0.2) is 54.6 Å². The highest BCUT2D eigenvalue weighted by Gasteiger charge is 2.49. The summed E-state index contributed by atoms with van der Waals surface area (Å²) in [6, 6.07) is 15.8. The zero-order chi connectivity index (χ0) is 22.6. The van der Waals surface area contributed by atoms with Crippen LogP contribution in [0.2, 0.25) is 0 Å². The van der Waals surface area contributed by atoms with Crippen LogP contribution in [0.25, 0.3) is 0 Å². The molecule has 0 spiro atoms. The normalized spacial score (nSPS) is 19.3. The minimum atomic E-state index is -1.24. The minimum Gasteiger partial charge on any atom is -0.497 e. The van der Waals surface area contributed by atoms with Crippen LogP contribution in [0.5, 0.6) is 5.75 Å². The third kappa shape index (κ3) is 4.87. The molecule has 1 aliphatic rings. The van der Waals surface area contributed by atoms with Gasteiger partial charge in [-0.05, 0) is 42.5 Å². The number of carbonyl (C=O) groups is 3. The maximum Gasteiger partial charge on any atom is 0.325 e. The Morgan fingerprint density at radius 2 is 1.74 bits per heavy atom. The van der Waals surface area contributed by atoms with Crippen molar-refractivity contribution in [3.63, 3.8) is 0 Å². The van der Waals surface area contributed by atoms with E-state index >= 15 is 0 Å². The molecule has 0 aliphatic carbocycles. The van der Waals surface area contributed by atoms with Crippen molar-refractivity contribution in [2.75, 3.05) is 13.7 Å². The van der Waals surface area contributed by atoms with Crippen LogP contribution >= 0.6 is 0 Å². The molecule has 2 N–H and O–H groups in total. The van der Waals surface area contributed by atoms with E-state index < -0.39 is 17.5 Å². The molecule has 4 amide bonds. The van der Waals surface area contributed by atoms with Crippen molar-refractivity contribution in [3.05, 3.63) is 65.7 Å². The maximum absolute atomic E-state index is 13.1. The van der Waals surface area contributed by atoms with Gasteiger partial charge in [0.2, 0.25) is 5.91 Å². The number of methoxy groups -OCH3 is 1. The number of benzene rings is 2. The van der Waals surface area contributed by atoms with Crippen LogP contribution < -0.4 is 15.4 Å². The first-order valence-electron chi connectivity index (χ1n) is 10.4. The number of urea groups is 1. The first-order chi connectivity index (χ1) is 14.7. The van der Waals surface area contributed by atoms with Crippen LogP contribution in [0, 0.1) is 5.92 Å². The van der Waals surface area contributed by atoms with Gasteiger partial charge in [-0.2, -0.15) is 0 Å². The lowest BCUT2D eigenvalue weighted by molar-refractivity contribution is -0.135. The zero-order valence-electron chi connectivity index (χ0n) is 18.3. The molecule has 31 heavy (non-hydrogen) atoms. The second-order valence-electron chi connectivity index (χ2n) is 8.34. The highest BCUT2D eigenvalue weighted by Crippen LogP contribution is 2.30. The molecule has 164 valence electrons. The summed E-state index contributed by atoms with van der Waals surface area (Å²) in [6.07, 6.45) is 0.749. The van der Waals surface area contributed by atoms with Crippen LogP contribution in [0.3, 0.4) is 0 Å². The summed E-state index contributed by atoms with van der Waals surface area (Å²) in [5.41, 5.74) is 0.377. The lowest BCUT2D eigenvalue weighted by Crippen LogP contribution is -2.44. The third-order valence-electron chi connectivity index (χ3n) is 5.49. The number of hydrogen-bond donors (Lipinski definition) is 2. The van der Waals surface area contributed by atoms with Gasteiger partial charge in [0.05, 0.1) is 13.2 Å². The highest BCUT2D eigenvalue weighted by atomic mass is 16.5. The molecule has 1 heterocycles. The summed E-state index contributed by atoms with van der Waals surface area (Å²) in [6.45, 7) is 5.47. The lowest BCUT2D eigenvalue weighted by Gasteiger charge is -2.24. The van der Waals surface area contributed by atoms with E-state index in [0.29, 0.717) is 17.2 Å². The van der Waals surface area contributed by atoms with Crippen molar-refractivity contribution in [2.24, 2.45) is 5.92 Å². The molecule has 1 fully saturated rings. The molecule has 2 aromatic carbocycles. The minimum absolute atomic E-state index is 0.192. The largest absolute Gasteiger partial charge is 0.497 e. The summed E-state index contributed by atoms with van der Waals surface area (Å²) < 4.78 is 5.15. The van der Waals surface area contributed by atoms with Crippen molar-refractivity contribution < 1.29 is 19.1 Å². The third-order valence-corrected chi connectivity index (χ3v) is 5.49. The van der Waals surface area contributed by atoms with E-state index in [1.165, 1.54) is 0 Å². The Balaban J connectivity index is 1.73. The maximum atomic E-state index is 13.1. The molecular weight excluding hydrogens is 394 g/mol. The Bertz CT molecular complexity index is 943. The number of rotatable bonds is 8. The van der Waals surface area contributed by atoms with Crippen molar-refractivity contribution in [1.82, 2.24) is 15.5 Å². The van der Waals surface area contributed by atoms with Gasteiger partial charge >= 0.3 is 6.03 Å². The van der Waals surface area contributed by atoms with E-state index in [2.05, 4.69) is 24.5 Å². The average molecular weight is 424 g/mol. The summed E-state index contributed by atoms with van der Waals surface area (Å²) in [4.78, 5) is 39.4. The van der Waals surface area contributed by atoms with E-state index in [4.69, 9.17) is 4.74 Å². The highest BCUT2D eigenvalue weighted by molar-refractivity contribution is 6.09. The van der Waals surface area contributed by atoms with Crippen LogP contribution in [0.1, 0.15) is 44.4 Å². The number of amides is 4. The van der Waals surface area contributed by atoms with Crippen molar-refractivity contribution in [3.8, 4) is 5.75 Å². The topological polar surface area (TPSA) is 87.7 Å². The van der Waals surface area contributed by atoms with Gasteiger partial charge in [0.15, 0.2) is 0 Å². The molecule has 3 rings (SSSR count). The molecule has 1 aliphatic heterocycles. The van der Waals surface area contributed by atoms with Gasteiger partial charge in [0.1, 0.15) is 17.8 Å². The molecule has 7 nitrogen and oxygen atoms in total. The van der Waals surface area contributed by atoms with Crippen molar-refractivity contribution in [1.29, 1.82) is 0 Å². The molecular formula is C24H29N3O4. The summed E-state index contributed by atoms with van der Waals surface area (Å²) in [5, 5.41) is 5.71. The monoisotopic (exact) mass is 423 g/mol. The molecule has 7 heteroatoms. The molecule has 2 atom stereocenters. The van der Waals surface area contributed by atoms with E-state index in [1.807, 2.05) is 30.3 Å². The molecule has 0 unspecified atom stereocenters. The van der Waals surface area contributed by atoms with Crippen LogP contribution in [0.4, 0.5) is 4.79 Å². The number of hydrogen-bond acceptors (Lipinski definition) is 4. The van der Waals surface area contributed by atoms with Gasteiger partial charge in [-0.25, -0.2) is 4.79 Å². The smallest absolute Gasteiger partial charge is 0.325 e. The van der Waals surface area contributed by atoms with Gasteiger partial charge < -0.3 is 15.4 Å². The number of nitrogens with zero attached hydrogens (tertiary/aromatic N) is 1. The van der Waals surface area contributed by atoms with E-state index in [-0.39, 0.29) is 18.5 Å². The second-order valence-corrected chi connectivity index (χ2v) is 8.34. The fourth-order valence-corrected chi connectivity index (χ4v) is 3.78. The number of nitrogens with one attached hydrogen (secondary N) is 2. The fraction of sp³-hybridized carbons (Fsp3) is 0.375. The number of imide groups is 1. The predicted molar refractivity (Wildman–Crippen MR) is 117 cm³/mol. The number of ether oxygens (including phenoxy) is 1. The average Bonchev–Trinajstić information content (AvgIpc) is 2.97. The fourth-order valence-electron chi connectivity index (χ4n) is 3.78. The van der Waals surface area contributed by atoms with Gasteiger partial charge in [-0.1, -0.05) is 56.3 Å². The summed E-state index contributed by atoms with van der Waals surface area (Å²) in [5.74, 6) is 0.174.